The van der Waals surface area contributed by atoms with Gasteiger partial charge in [-0.05, 0) is 55.3 Å². The Labute approximate surface area is 169 Å². The third-order valence-electron chi connectivity index (χ3n) is 6.65. The summed E-state index contributed by atoms with van der Waals surface area (Å²) >= 11 is -5.02. The fourth-order valence-electron chi connectivity index (χ4n) is 6.75. The van der Waals surface area contributed by atoms with E-state index in [1.165, 1.54) is 38.3 Å². The average molecular weight is 457 g/mol. The van der Waals surface area contributed by atoms with Crippen LogP contribution in [0.1, 0.15) is 65.7 Å². The maximum Gasteiger partial charge on any atom is 0.0660 e. The Morgan fingerprint density at radius 1 is 1.14 bits per heavy atom. The molecule has 4 saturated carbocycles. The number of aliphatic hydroxyl groups is 1. The van der Waals surface area contributed by atoms with E-state index in [0.29, 0.717) is 10.8 Å². The monoisotopic (exact) mass is 457 g/mol. The number of hydrogen-bond acceptors (Lipinski definition) is 5. The summed E-state index contributed by atoms with van der Waals surface area (Å²) in [6.45, 7) is 6.00. The van der Waals surface area contributed by atoms with E-state index in [1.807, 2.05) is 0 Å². The number of allylic oxidation sites excluding steroid dienone is 2. The predicted octanol–water partition coefficient (Wildman–Crippen LogP) is 2.50. The maximum atomic E-state index is 11.6. The zero-order valence-corrected chi connectivity index (χ0v) is 18.7. The van der Waals surface area contributed by atoms with Crippen LogP contribution in [0.15, 0.2) is 24.3 Å². The summed E-state index contributed by atoms with van der Waals surface area (Å²) in [5.41, 5.74) is 0.675. The quantitative estimate of drug-likeness (QED) is 0.294. The van der Waals surface area contributed by atoms with Crippen molar-refractivity contribution in [2.24, 2.45) is 16.7 Å². The molecule has 5 aliphatic rings. The molecular weight excluding hydrogens is 425 g/mol. The Hall–Kier alpha value is -0.852. The fourth-order valence-corrected chi connectivity index (χ4v) is 8.96. The Balaban J connectivity index is 0.000000162. The molecular formula is C20H32AsNO6. The smallest absolute Gasteiger partial charge is 0.0660 e. The molecule has 4 N–H and O–H groups in total. The van der Waals surface area contributed by atoms with Gasteiger partial charge in [-0.2, -0.15) is 0 Å². The summed E-state index contributed by atoms with van der Waals surface area (Å²) in [7, 11) is 0. The minimum Gasteiger partial charge on any atom is -0.390 e. The molecule has 4 atom stereocenters. The number of hydrogen-bond donors (Lipinski definition) is 4. The zero-order valence-electron chi connectivity index (χ0n) is 16.9. The van der Waals surface area contributed by atoms with Crippen LogP contribution < -0.4 is 5.32 Å². The summed E-state index contributed by atoms with van der Waals surface area (Å²) in [6, 6.07) is 0. The van der Waals surface area contributed by atoms with E-state index >= 15 is 0 Å². The van der Waals surface area contributed by atoms with Gasteiger partial charge in [0.2, 0.25) is 0 Å². The number of rotatable bonds is 3. The fraction of sp³-hybridized carbons (Fsp3) is 0.750. The van der Waals surface area contributed by atoms with Gasteiger partial charge in [-0.3, -0.25) is 0 Å². The van der Waals surface area contributed by atoms with Gasteiger partial charge >= 0.3 is 89.1 Å². The van der Waals surface area contributed by atoms with Gasteiger partial charge < -0.3 is 5.11 Å². The van der Waals surface area contributed by atoms with Crippen molar-refractivity contribution < 1.29 is 26.9 Å². The number of nitrogens with one attached hydrogen (secondary N) is 1. The van der Waals surface area contributed by atoms with Crippen molar-refractivity contribution in [3.63, 3.8) is 0 Å². The molecule has 0 spiro atoms. The third kappa shape index (κ3) is 4.19. The standard InChI is InChI=1S/C12H20O.C8H12AsNO5/c1-10-3-9-4-11(2,6-10)8-12(13,5-9)7-10;1-7(11)10-8(9(12,13)15-14)5-3-2-4-6-8/h9,13H,3-8H2,1-2H3;2-5,14H,6H2,1H3,(H,10,11)(H,12,13). The molecule has 7 nitrogen and oxygen atoms in total. The first-order chi connectivity index (χ1) is 12.8. The van der Waals surface area contributed by atoms with Crippen LogP contribution >= 0.6 is 0 Å². The molecule has 158 valence electrons. The molecule has 8 heteroatoms. The Morgan fingerprint density at radius 2 is 1.75 bits per heavy atom. The van der Waals surface area contributed by atoms with Gasteiger partial charge in [0.25, 0.3) is 0 Å². The van der Waals surface area contributed by atoms with Crippen LogP contribution in [0.5, 0.6) is 0 Å². The van der Waals surface area contributed by atoms with Crippen molar-refractivity contribution in [2.45, 2.75) is 75.6 Å². The minimum atomic E-state index is -5.02. The van der Waals surface area contributed by atoms with E-state index in [2.05, 4.69) is 23.0 Å². The molecule has 1 amide bonds. The zero-order chi connectivity index (χ0) is 20.8. The second kappa shape index (κ2) is 7.13. The van der Waals surface area contributed by atoms with Crippen molar-refractivity contribution >= 4 is 20.1 Å². The minimum absolute atomic E-state index is 0.108. The van der Waals surface area contributed by atoms with Gasteiger partial charge in [0, 0.05) is 0 Å². The Kier molecular flexibility index (Phi) is 5.57. The summed E-state index contributed by atoms with van der Waals surface area (Å²) in [6.07, 6.45) is 13.6. The van der Waals surface area contributed by atoms with Crippen LogP contribution in [0, 0.1) is 16.7 Å². The van der Waals surface area contributed by atoms with Crippen molar-refractivity contribution in [3.05, 3.63) is 24.3 Å². The molecule has 4 unspecified atom stereocenters. The third-order valence-corrected chi connectivity index (χ3v) is 10.2. The van der Waals surface area contributed by atoms with Crippen LogP contribution in [0.25, 0.3) is 0 Å². The molecule has 0 aliphatic heterocycles. The average Bonchev–Trinajstić information content (AvgIpc) is 2.51. The van der Waals surface area contributed by atoms with E-state index in [1.54, 1.807) is 12.2 Å². The van der Waals surface area contributed by atoms with Crippen LogP contribution in [0.4, 0.5) is 0 Å². The molecule has 0 heterocycles. The molecule has 0 aromatic carbocycles. The summed E-state index contributed by atoms with van der Waals surface area (Å²) < 4.78 is 23.3. The van der Waals surface area contributed by atoms with Gasteiger partial charge in [-0.25, -0.2) is 0 Å². The number of carbonyl (C=O) groups excluding carboxylic acids is 1. The first kappa shape index (κ1) is 21.8. The maximum absolute atomic E-state index is 11.6. The Morgan fingerprint density at radius 3 is 2.14 bits per heavy atom. The SMILES string of the molecule is CC(=O)NC1([As](=O)(O)OO)C=CC=CC1.CC12CC3CC(C)(C1)CC(O)(C3)C2. The first-order valence-electron chi connectivity index (χ1n) is 9.86. The molecule has 0 aromatic heterocycles. The van der Waals surface area contributed by atoms with Crippen molar-refractivity contribution in [1.82, 2.24) is 5.32 Å². The first-order valence-corrected chi connectivity index (χ1v) is 13.2. The van der Waals surface area contributed by atoms with E-state index < -0.39 is 24.4 Å². The van der Waals surface area contributed by atoms with E-state index in [4.69, 9.17) is 5.26 Å². The van der Waals surface area contributed by atoms with Crippen LogP contribution in [-0.2, 0) is 12.4 Å². The molecule has 0 aromatic rings. The summed E-state index contributed by atoms with van der Waals surface area (Å²) in [5, 5.41) is 21.2. The predicted molar refractivity (Wildman–Crippen MR) is 104 cm³/mol. The molecule has 0 saturated heterocycles. The summed E-state index contributed by atoms with van der Waals surface area (Å²) in [5.74, 6) is 0.360. The number of carbonyl (C=O) groups is 1. The van der Waals surface area contributed by atoms with Gasteiger partial charge in [0.05, 0.1) is 5.60 Å². The van der Waals surface area contributed by atoms with Crippen molar-refractivity contribution in [2.75, 3.05) is 0 Å². The molecule has 4 fully saturated rings. The molecule has 5 rings (SSSR count). The molecule has 0 radical (unpaired) electrons. The van der Waals surface area contributed by atoms with E-state index in [0.717, 1.165) is 25.2 Å². The molecule has 5 aliphatic carbocycles. The Bertz CT molecular complexity index is 698. The normalized spacial score (nSPS) is 45.1. The summed E-state index contributed by atoms with van der Waals surface area (Å²) in [4.78, 5) is 11.0. The van der Waals surface area contributed by atoms with Gasteiger partial charge in [0.1, 0.15) is 0 Å². The van der Waals surface area contributed by atoms with E-state index in [-0.39, 0.29) is 12.0 Å². The van der Waals surface area contributed by atoms with Gasteiger partial charge in [-0.1, -0.05) is 13.8 Å². The van der Waals surface area contributed by atoms with Crippen LogP contribution in [0.2, 0.25) is 0 Å². The molecule has 28 heavy (non-hydrogen) atoms. The van der Waals surface area contributed by atoms with Gasteiger partial charge in [-0.15, -0.1) is 0 Å². The topological polar surface area (TPSA) is 116 Å². The second-order valence-electron chi connectivity index (χ2n) is 10.1. The van der Waals surface area contributed by atoms with Gasteiger partial charge in [0.15, 0.2) is 0 Å². The van der Waals surface area contributed by atoms with E-state index in [9.17, 15) is 17.7 Å². The van der Waals surface area contributed by atoms with Crippen LogP contribution in [-0.4, -0.2) is 44.5 Å². The van der Waals surface area contributed by atoms with Crippen molar-refractivity contribution in [1.29, 1.82) is 0 Å². The largest absolute Gasteiger partial charge is 0.390 e. The van der Waals surface area contributed by atoms with Crippen molar-refractivity contribution in [3.8, 4) is 0 Å². The van der Waals surface area contributed by atoms with Crippen LogP contribution in [0.3, 0.4) is 0 Å². The second-order valence-corrected chi connectivity index (χ2v) is 14.3. The number of amides is 1. The molecule has 4 bridgehead atoms.